The van der Waals surface area contributed by atoms with E-state index in [4.69, 9.17) is 0 Å². The van der Waals surface area contributed by atoms with Crippen molar-refractivity contribution < 1.29 is 9.90 Å². The van der Waals surface area contributed by atoms with Gasteiger partial charge in [0.1, 0.15) is 0 Å². The van der Waals surface area contributed by atoms with Crippen molar-refractivity contribution in [2.75, 3.05) is 19.7 Å². The molecule has 1 aromatic carbocycles. The Morgan fingerprint density at radius 2 is 2.20 bits per heavy atom. The fourth-order valence-corrected chi connectivity index (χ4v) is 2.67. The maximum atomic E-state index is 12.4. The summed E-state index contributed by atoms with van der Waals surface area (Å²) in [7, 11) is 0. The van der Waals surface area contributed by atoms with Gasteiger partial charge in [-0.05, 0) is 38.3 Å². The quantitative estimate of drug-likeness (QED) is 0.754. The molecule has 0 radical (unpaired) electrons. The number of aliphatic hydroxyl groups is 1. The van der Waals surface area contributed by atoms with Crippen LogP contribution >= 0.6 is 0 Å². The first-order chi connectivity index (χ1) is 9.64. The van der Waals surface area contributed by atoms with Gasteiger partial charge in [0, 0.05) is 6.54 Å². The van der Waals surface area contributed by atoms with Crippen molar-refractivity contribution in [1.82, 2.24) is 10.6 Å². The molecule has 1 fully saturated rings. The van der Waals surface area contributed by atoms with E-state index in [2.05, 4.69) is 10.6 Å². The Balaban J connectivity index is 1.94. The maximum Gasteiger partial charge on any atom is 0.227 e. The number of carbonyl (C=O) groups is 1. The molecule has 1 aromatic rings. The molecule has 20 heavy (non-hydrogen) atoms. The molecule has 1 amide bonds. The highest BCUT2D eigenvalue weighted by atomic mass is 16.3. The smallest absolute Gasteiger partial charge is 0.227 e. The van der Waals surface area contributed by atoms with Gasteiger partial charge in [0.05, 0.1) is 18.1 Å². The minimum atomic E-state index is -0.359. The highest BCUT2D eigenvalue weighted by Crippen LogP contribution is 2.25. The van der Waals surface area contributed by atoms with Gasteiger partial charge in [-0.3, -0.25) is 4.79 Å². The minimum Gasteiger partial charge on any atom is -0.394 e. The molecule has 0 spiro atoms. The molecule has 4 heteroatoms. The number of hydrogen-bond donors (Lipinski definition) is 3. The number of benzene rings is 1. The fraction of sp³-hybridized carbons (Fsp3) is 0.562. The van der Waals surface area contributed by atoms with Gasteiger partial charge in [-0.25, -0.2) is 0 Å². The van der Waals surface area contributed by atoms with Crippen molar-refractivity contribution >= 4 is 5.91 Å². The minimum absolute atomic E-state index is 0.0376. The predicted octanol–water partition coefficient (Wildman–Crippen LogP) is 1.10. The van der Waals surface area contributed by atoms with Crippen LogP contribution in [0.25, 0.3) is 0 Å². The second-order valence-electron chi connectivity index (χ2n) is 5.88. The summed E-state index contributed by atoms with van der Waals surface area (Å²) in [5, 5.41) is 15.8. The number of amides is 1. The van der Waals surface area contributed by atoms with Gasteiger partial charge in [0.15, 0.2) is 0 Å². The predicted molar refractivity (Wildman–Crippen MR) is 79.4 cm³/mol. The van der Waals surface area contributed by atoms with Gasteiger partial charge in [-0.1, -0.05) is 30.3 Å². The SMILES string of the molecule is CC1(C(=O)N[C@H](CO)Cc2ccccc2)CCCNC1. The summed E-state index contributed by atoms with van der Waals surface area (Å²) < 4.78 is 0. The third-order valence-corrected chi connectivity index (χ3v) is 4.03. The van der Waals surface area contributed by atoms with E-state index in [0.717, 1.165) is 24.9 Å². The van der Waals surface area contributed by atoms with Crippen LogP contribution in [-0.2, 0) is 11.2 Å². The van der Waals surface area contributed by atoms with Gasteiger partial charge in [0.25, 0.3) is 0 Å². The Morgan fingerprint density at radius 3 is 2.80 bits per heavy atom. The zero-order valence-electron chi connectivity index (χ0n) is 12.1. The molecule has 2 atom stereocenters. The summed E-state index contributed by atoms with van der Waals surface area (Å²) in [6.07, 6.45) is 2.58. The summed E-state index contributed by atoms with van der Waals surface area (Å²) in [4.78, 5) is 12.4. The van der Waals surface area contributed by atoms with Crippen LogP contribution in [-0.4, -0.2) is 36.8 Å². The monoisotopic (exact) mass is 276 g/mol. The lowest BCUT2D eigenvalue weighted by Crippen LogP contribution is -2.52. The highest BCUT2D eigenvalue weighted by Gasteiger charge is 2.35. The first-order valence-corrected chi connectivity index (χ1v) is 7.30. The van der Waals surface area contributed by atoms with Crippen molar-refractivity contribution in [3.05, 3.63) is 35.9 Å². The molecule has 0 aliphatic carbocycles. The molecule has 1 unspecified atom stereocenters. The average Bonchev–Trinajstić information content (AvgIpc) is 2.48. The second-order valence-corrected chi connectivity index (χ2v) is 5.88. The summed E-state index contributed by atoms with van der Waals surface area (Å²) in [5.74, 6) is 0.0414. The summed E-state index contributed by atoms with van der Waals surface area (Å²) in [6.45, 7) is 3.65. The Kier molecular flexibility index (Phi) is 5.15. The lowest BCUT2D eigenvalue weighted by Gasteiger charge is -2.34. The van der Waals surface area contributed by atoms with E-state index >= 15 is 0 Å². The standard InChI is InChI=1S/C16H24N2O2/c1-16(8-5-9-17-12-16)15(20)18-14(11-19)10-13-6-3-2-4-7-13/h2-4,6-7,14,17,19H,5,8-12H2,1H3,(H,18,20)/t14-,16?/m0/s1. The highest BCUT2D eigenvalue weighted by molar-refractivity contribution is 5.83. The van der Waals surface area contributed by atoms with Crippen molar-refractivity contribution in [3.8, 4) is 0 Å². The van der Waals surface area contributed by atoms with Crippen molar-refractivity contribution in [3.63, 3.8) is 0 Å². The second kappa shape index (κ2) is 6.86. The lowest BCUT2D eigenvalue weighted by molar-refractivity contribution is -0.132. The molecular weight excluding hydrogens is 252 g/mol. The molecule has 4 nitrogen and oxygen atoms in total. The third kappa shape index (κ3) is 3.81. The number of piperidine rings is 1. The molecule has 110 valence electrons. The summed E-state index contributed by atoms with van der Waals surface area (Å²) in [6, 6.07) is 9.71. The van der Waals surface area contributed by atoms with E-state index in [-0.39, 0.29) is 24.0 Å². The van der Waals surface area contributed by atoms with Crippen LogP contribution in [0.2, 0.25) is 0 Å². The topological polar surface area (TPSA) is 61.4 Å². The van der Waals surface area contributed by atoms with Crippen LogP contribution in [0.15, 0.2) is 30.3 Å². The first-order valence-electron chi connectivity index (χ1n) is 7.30. The normalized spacial score (nSPS) is 24.1. The molecule has 1 heterocycles. The van der Waals surface area contributed by atoms with E-state index in [9.17, 15) is 9.90 Å². The van der Waals surface area contributed by atoms with Crippen LogP contribution in [0.4, 0.5) is 0 Å². The number of aliphatic hydroxyl groups excluding tert-OH is 1. The van der Waals surface area contributed by atoms with E-state index in [0.29, 0.717) is 13.0 Å². The number of nitrogens with one attached hydrogen (secondary N) is 2. The molecule has 0 saturated carbocycles. The van der Waals surface area contributed by atoms with Crippen LogP contribution in [0.3, 0.4) is 0 Å². The lowest BCUT2D eigenvalue weighted by atomic mass is 9.81. The Bertz CT molecular complexity index is 427. The van der Waals surface area contributed by atoms with Crippen molar-refractivity contribution in [2.24, 2.45) is 5.41 Å². The molecular formula is C16H24N2O2. The van der Waals surface area contributed by atoms with Gasteiger partial charge >= 0.3 is 0 Å². The molecule has 2 rings (SSSR count). The number of rotatable bonds is 5. The van der Waals surface area contributed by atoms with Gasteiger partial charge in [0.2, 0.25) is 5.91 Å². The molecule has 1 saturated heterocycles. The van der Waals surface area contributed by atoms with Gasteiger partial charge in [-0.2, -0.15) is 0 Å². The van der Waals surface area contributed by atoms with Crippen LogP contribution < -0.4 is 10.6 Å². The molecule has 1 aliphatic rings. The average molecular weight is 276 g/mol. The van der Waals surface area contributed by atoms with E-state index < -0.39 is 0 Å². The van der Waals surface area contributed by atoms with Crippen LogP contribution in [0, 0.1) is 5.41 Å². The number of hydrogen-bond acceptors (Lipinski definition) is 3. The maximum absolute atomic E-state index is 12.4. The van der Waals surface area contributed by atoms with Crippen molar-refractivity contribution in [1.29, 1.82) is 0 Å². The zero-order chi connectivity index (χ0) is 14.4. The molecule has 0 aromatic heterocycles. The van der Waals surface area contributed by atoms with E-state index in [1.54, 1.807) is 0 Å². The largest absolute Gasteiger partial charge is 0.394 e. The fourth-order valence-electron chi connectivity index (χ4n) is 2.67. The van der Waals surface area contributed by atoms with Gasteiger partial charge in [-0.15, -0.1) is 0 Å². The third-order valence-electron chi connectivity index (χ3n) is 4.03. The molecule has 3 N–H and O–H groups in total. The van der Waals surface area contributed by atoms with E-state index in [1.807, 2.05) is 37.3 Å². The number of carbonyl (C=O) groups excluding carboxylic acids is 1. The van der Waals surface area contributed by atoms with Gasteiger partial charge < -0.3 is 15.7 Å². The Morgan fingerprint density at radius 1 is 1.45 bits per heavy atom. The van der Waals surface area contributed by atoms with E-state index in [1.165, 1.54) is 0 Å². The van der Waals surface area contributed by atoms with Crippen molar-refractivity contribution in [2.45, 2.75) is 32.2 Å². The summed E-state index contributed by atoms with van der Waals surface area (Å²) >= 11 is 0. The molecule has 1 aliphatic heterocycles. The molecule has 0 bridgehead atoms. The Hall–Kier alpha value is -1.39. The van der Waals surface area contributed by atoms with Crippen LogP contribution in [0.1, 0.15) is 25.3 Å². The Labute approximate surface area is 120 Å². The zero-order valence-corrected chi connectivity index (χ0v) is 12.1. The first kappa shape index (κ1) is 15.0. The van der Waals surface area contributed by atoms with Crippen LogP contribution in [0.5, 0.6) is 0 Å². The summed E-state index contributed by atoms with van der Waals surface area (Å²) in [5.41, 5.74) is 0.765.